The van der Waals surface area contributed by atoms with Crippen molar-refractivity contribution in [2.45, 2.75) is 6.92 Å². The van der Waals surface area contributed by atoms with Crippen molar-refractivity contribution in [3.63, 3.8) is 0 Å². The topological polar surface area (TPSA) is 73.9 Å². The SMILES string of the molecule is CCOC(=O)COc1cc(Cl)cc2c1OCC(=O)N2. The van der Waals surface area contributed by atoms with Gasteiger partial charge in [-0.25, -0.2) is 4.79 Å². The predicted octanol–water partition coefficient (Wildman–Crippen LogP) is 1.61. The van der Waals surface area contributed by atoms with E-state index in [2.05, 4.69) is 5.32 Å². The smallest absolute Gasteiger partial charge is 0.344 e. The second kappa shape index (κ2) is 5.79. The van der Waals surface area contributed by atoms with Gasteiger partial charge in [-0.05, 0) is 13.0 Å². The monoisotopic (exact) mass is 285 g/mol. The third-order valence-electron chi connectivity index (χ3n) is 2.29. The molecule has 0 saturated heterocycles. The zero-order valence-corrected chi connectivity index (χ0v) is 11.0. The van der Waals surface area contributed by atoms with Crippen LogP contribution in [-0.4, -0.2) is 31.7 Å². The van der Waals surface area contributed by atoms with Gasteiger partial charge in [-0.2, -0.15) is 0 Å². The van der Waals surface area contributed by atoms with Crippen LogP contribution in [0.5, 0.6) is 11.5 Å². The molecule has 1 aromatic carbocycles. The molecule has 1 aliphatic rings. The lowest BCUT2D eigenvalue weighted by atomic mass is 10.2. The molecule has 0 fully saturated rings. The van der Waals surface area contributed by atoms with Gasteiger partial charge in [0, 0.05) is 11.1 Å². The molecule has 0 spiro atoms. The van der Waals surface area contributed by atoms with E-state index in [0.717, 1.165) is 0 Å². The Morgan fingerprint density at radius 2 is 2.32 bits per heavy atom. The molecular weight excluding hydrogens is 274 g/mol. The minimum Gasteiger partial charge on any atom is -0.478 e. The van der Waals surface area contributed by atoms with E-state index in [-0.39, 0.29) is 31.5 Å². The van der Waals surface area contributed by atoms with E-state index in [4.69, 9.17) is 25.8 Å². The number of fused-ring (bicyclic) bond motifs is 1. The highest BCUT2D eigenvalue weighted by molar-refractivity contribution is 6.31. The van der Waals surface area contributed by atoms with E-state index in [0.29, 0.717) is 16.5 Å². The van der Waals surface area contributed by atoms with Crippen LogP contribution < -0.4 is 14.8 Å². The zero-order chi connectivity index (χ0) is 13.8. The van der Waals surface area contributed by atoms with E-state index in [9.17, 15) is 9.59 Å². The molecule has 6 nitrogen and oxygen atoms in total. The molecule has 1 N–H and O–H groups in total. The van der Waals surface area contributed by atoms with Crippen molar-refractivity contribution < 1.29 is 23.8 Å². The van der Waals surface area contributed by atoms with E-state index in [1.165, 1.54) is 6.07 Å². The van der Waals surface area contributed by atoms with Crippen LogP contribution in [-0.2, 0) is 14.3 Å². The van der Waals surface area contributed by atoms with Gasteiger partial charge in [-0.1, -0.05) is 11.6 Å². The second-order valence-corrected chi connectivity index (χ2v) is 4.15. The van der Waals surface area contributed by atoms with Crippen LogP contribution in [0.4, 0.5) is 5.69 Å². The lowest BCUT2D eigenvalue weighted by Crippen LogP contribution is -2.26. The minimum absolute atomic E-state index is 0.107. The molecule has 2 rings (SSSR count). The molecule has 0 aromatic heterocycles. The molecule has 1 heterocycles. The molecule has 0 bridgehead atoms. The van der Waals surface area contributed by atoms with Crippen molar-refractivity contribution in [2.75, 3.05) is 25.1 Å². The number of esters is 1. The van der Waals surface area contributed by atoms with E-state index in [1.807, 2.05) is 0 Å². The zero-order valence-electron chi connectivity index (χ0n) is 10.2. The summed E-state index contributed by atoms with van der Waals surface area (Å²) in [5.74, 6) is -0.119. The fourth-order valence-electron chi connectivity index (χ4n) is 1.58. The van der Waals surface area contributed by atoms with Crippen LogP contribution in [0, 0.1) is 0 Å². The number of rotatable bonds is 4. The van der Waals surface area contributed by atoms with Gasteiger partial charge in [0.1, 0.15) is 0 Å². The number of hydrogen-bond donors (Lipinski definition) is 1. The molecule has 0 unspecified atom stereocenters. The largest absolute Gasteiger partial charge is 0.478 e. The summed E-state index contributed by atoms with van der Waals surface area (Å²) in [5.41, 5.74) is 0.419. The molecule has 0 atom stereocenters. The molecule has 0 radical (unpaired) electrons. The highest BCUT2D eigenvalue weighted by Crippen LogP contribution is 2.40. The van der Waals surface area contributed by atoms with E-state index < -0.39 is 5.97 Å². The minimum atomic E-state index is -0.490. The van der Waals surface area contributed by atoms with Gasteiger partial charge in [0.2, 0.25) is 0 Å². The number of nitrogens with one attached hydrogen (secondary N) is 1. The first kappa shape index (κ1) is 13.5. The van der Waals surface area contributed by atoms with Gasteiger partial charge in [0.15, 0.2) is 24.7 Å². The Balaban J connectivity index is 2.16. The first-order valence-electron chi connectivity index (χ1n) is 5.64. The molecule has 19 heavy (non-hydrogen) atoms. The number of ether oxygens (including phenoxy) is 3. The van der Waals surface area contributed by atoms with Gasteiger partial charge in [-0.3, -0.25) is 4.79 Å². The van der Waals surface area contributed by atoms with Gasteiger partial charge >= 0.3 is 5.97 Å². The summed E-state index contributed by atoms with van der Waals surface area (Å²) in [6.07, 6.45) is 0. The van der Waals surface area contributed by atoms with Crippen molar-refractivity contribution in [2.24, 2.45) is 0 Å². The van der Waals surface area contributed by atoms with Crippen LogP contribution in [0.2, 0.25) is 5.02 Å². The Morgan fingerprint density at radius 1 is 1.53 bits per heavy atom. The molecule has 0 aliphatic carbocycles. The number of carbonyl (C=O) groups excluding carboxylic acids is 2. The van der Waals surface area contributed by atoms with Crippen molar-refractivity contribution in [1.82, 2.24) is 0 Å². The number of anilines is 1. The van der Waals surface area contributed by atoms with Crippen molar-refractivity contribution in [3.8, 4) is 11.5 Å². The van der Waals surface area contributed by atoms with Crippen LogP contribution >= 0.6 is 11.6 Å². The van der Waals surface area contributed by atoms with Crippen LogP contribution in [0.1, 0.15) is 6.92 Å². The summed E-state index contributed by atoms with van der Waals surface area (Å²) in [4.78, 5) is 22.4. The summed E-state index contributed by atoms with van der Waals surface area (Å²) < 4.78 is 15.3. The van der Waals surface area contributed by atoms with Crippen LogP contribution in [0.15, 0.2) is 12.1 Å². The predicted molar refractivity (Wildman–Crippen MR) is 67.7 cm³/mol. The maximum Gasteiger partial charge on any atom is 0.344 e. The van der Waals surface area contributed by atoms with Crippen molar-refractivity contribution in [3.05, 3.63) is 17.2 Å². The first-order chi connectivity index (χ1) is 9.10. The number of amides is 1. The summed E-state index contributed by atoms with van der Waals surface area (Å²) in [6.45, 7) is 1.63. The maximum atomic E-state index is 11.2. The second-order valence-electron chi connectivity index (χ2n) is 3.71. The quantitative estimate of drug-likeness (QED) is 0.851. The Labute approximate surface area is 114 Å². The number of carbonyl (C=O) groups is 2. The van der Waals surface area contributed by atoms with Gasteiger partial charge in [0.25, 0.3) is 5.91 Å². The summed E-state index contributed by atoms with van der Waals surface area (Å²) in [5, 5.41) is 2.97. The lowest BCUT2D eigenvalue weighted by molar-refractivity contribution is -0.145. The summed E-state index contributed by atoms with van der Waals surface area (Å²) in [6, 6.07) is 3.06. The molecular formula is C12H12ClNO5. The number of halogens is 1. The fourth-order valence-corrected chi connectivity index (χ4v) is 1.79. The van der Waals surface area contributed by atoms with Crippen LogP contribution in [0.25, 0.3) is 0 Å². The number of hydrogen-bond acceptors (Lipinski definition) is 5. The van der Waals surface area contributed by atoms with Crippen molar-refractivity contribution >= 4 is 29.2 Å². The van der Waals surface area contributed by atoms with E-state index in [1.54, 1.807) is 13.0 Å². The Bertz CT molecular complexity index is 517. The third-order valence-corrected chi connectivity index (χ3v) is 2.51. The molecule has 1 aliphatic heterocycles. The molecule has 0 saturated carbocycles. The average molecular weight is 286 g/mol. The average Bonchev–Trinajstić information content (AvgIpc) is 2.35. The highest BCUT2D eigenvalue weighted by atomic mass is 35.5. The van der Waals surface area contributed by atoms with Gasteiger partial charge < -0.3 is 19.5 Å². The Kier molecular flexibility index (Phi) is 4.11. The Morgan fingerprint density at radius 3 is 3.05 bits per heavy atom. The Hall–Kier alpha value is -1.95. The normalized spacial score (nSPS) is 13.1. The van der Waals surface area contributed by atoms with Crippen LogP contribution in [0.3, 0.4) is 0 Å². The van der Waals surface area contributed by atoms with Gasteiger partial charge in [-0.15, -0.1) is 0 Å². The molecule has 7 heteroatoms. The molecule has 1 amide bonds. The van der Waals surface area contributed by atoms with Gasteiger partial charge in [0.05, 0.1) is 12.3 Å². The third kappa shape index (κ3) is 3.29. The van der Waals surface area contributed by atoms with Crippen molar-refractivity contribution in [1.29, 1.82) is 0 Å². The summed E-state index contributed by atoms with van der Waals surface area (Å²) >= 11 is 5.90. The highest BCUT2D eigenvalue weighted by Gasteiger charge is 2.21. The molecule has 1 aromatic rings. The lowest BCUT2D eigenvalue weighted by Gasteiger charge is -2.20. The van der Waals surface area contributed by atoms with E-state index >= 15 is 0 Å². The molecule has 102 valence electrons. The number of benzene rings is 1. The maximum absolute atomic E-state index is 11.2. The summed E-state index contributed by atoms with van der Waals surface area (Å²) in [7, 11) is 0. The fraction of sp³-hybridized carbons (Fsp3) is 0.333. The first-order valence-corrected chi connectivity index (χ1v) is 6.02. The standard InChI is InChI=1S/C12H12ClNO5/c1-2-17-11(16)6-18-9-4-7(13)3-8-12(9)19-5-10(15)14-8/h3-4H,2,5-6H2,1H3,(H,14,15).